The van der Waals surface area contributed by atoms with Crippen molar-refractivity contribution in [3.8, 4) is 17.2 Å². The van der Waals surface area contributed by atoms with Gasteiger partial charge >= 0.3 is 5.97 Å². The van der Waals surface area contributed by atoms with Crippen LogP contribution in [0.1, 0.15) is 18.5 Å². The number of carbonyl (C=O) groups is 2. The van der Waals surface area contributed by atoms with Crippen molar-refractivity contribution in [1.29, 1.82) is 0 Å². The molecule has 0 spiro atoms. The standard InChI is InChI=1S/C20H21NO6S/c1-13(14-3-8-17-18(9-14)27-12-26-17)21-19(22)10-25-20(23)11-28-16-6-4-15(24-2)5-7-16/h3-9,13H,10-12H2,1-2H3,(H,21,22)/t13-/m0/s1. The molecular formula is C20H21NO6S. The van der Waals surface area contributed by atoms with E-state index in [1.165, 1.54) is 11.8 Å². The first kappa shape index (κ1) is 19.9. The van der Waals surface area contributed by atoms with E-state index < -0.39 is 5.97 Å². The van der Waals surface area contributed by atoms with Gasteiger partial charge < -0.3 is 24.3 Å². The molecule has 2 aromatic rings. The van der Waals surface area contributed by atoms with Crippen molar-refractivity contribution in [2.24, 2.45) is 0 Å². The highest BCUT2D eigenvalue weighted by atomic mass is 32.2. The summed E-state index contributed by atoms with van der Waals surface area (Å²) in [6.07, 6.45) is 0. The van der Waals surface area contributed by atoms with Crippen LogP contribution < -0.4 is 19.5 Å². The maximum absolute atomic E-state index is 12.0. The van der Waals surface area contributed by atoms with Gasteiger partial charge in [-0.1, -0.05) is 6.07 Å². The second-order valence-electron chi connectivity index (χ2n) is 6.03. The highest BCUT2D eigenvalue weighted by Gasteiger charge is 2.17. The Balaban J connectivity index is 1.40. The fraction of sp³-hybridized carbons (Fsp3) is 0.300. The number of fused-ring (bicyclic) bond motifs is 1. The van der Waals surface area contributed by atoms with E-state index in [9.17, 15) is 9.59 Å². The number of rotatable bonds is 8. The summed E-state index contributed by atoms with van der Waals surface area (Å²) >= 11 is 1.33. The van der Waals surface area contributed by atoms with E-state index >= 15 is 0 Å². The Labute approximate surface area is 167 Å². The Morgan fingerprint density at radius 1 is 1.14 bits per heavy atom. The van der Waals surface area contributed by atoms with Crippen molar-refractivity contribution in [2.75, 3.05) is 26.3 Å². The number of hydrogen-bond acceptors (Lipinski definition) is 7. The van der Waals surface area contributed by atoms with E-state index in [0.717, 1.165) is 16.2 Å². The normalized spacial score (nSPS) is 12.9. The van der Waals surface area contributed by atoms with Gasteiger partial charge in [0.05, 0.1) is 18.9 Å². The van der Waals surface area contributed by atoms with Crippen LogP contribution in [0, 0.1) is 0 Å². The SMILES string of the molecule is COc1ccc(SCC(=O)OCC(=O)N[C@@H](C)c2ccc3c(c2)OCO3)cc1. The van der Waals surface area contributed by atoms with Crippen molar-refractivity contribution < 1.29 is 28.5 Å². The zero-order valence-corrected chi connectivity index (χ0v) is 16.4. The predicted octanol–water partition coefficient (Wildman–Crippen LogP) is 2.94. The Morgan fingerprint density at radius 3 is 2.64 bits per heavy atom. The number of benzene rings is 2. The molecule has 148 valence electrons. The molecule has 1 atom stereocenters. The Bertz CT molecular complexity index is 839. The van der Waals surface area contributed by atoms with Gasteiger partial charge in [-0.3, -0.25) is 9.59 Å². The van der Waals surface area contributed by atoms with Crippen molar-refractivity contribution in [2.45, 2.75) is 17.9 Å². The number of methoxy groups -OCH3 is 1. The largest absolute Gasteiger partial charge is 0.497 e. The lowest BCUT2D eigenvalue weighted by Gasteiger charge is -2.15. The molecule has 0 saturated heterocycles. The molecule has 2 aromatic carbocycles. The first-order chi connectivity index (χ1) is 13.5. The molecule has 1 aliphatic rings. The molecule has 0 aliphatic carbocycles. The van der Waals surface area contributed by atoms with Crippen molar-refractivity contribution in [3.05, 3.63) is 48.0 Å². The molecule has 0 bridgehead atoms. The number of thioether (sulfide) groups is 1. The maximum Gasteiger partial charge on any atom is 0.316 e. The summed E-state index contributed by atoms with van der Waals surface area (Å²) in [5.41, 5.74) is 0.874. The van der Waals surface area contributed by atoms with E-state index in [1.807, 2.05) is 43.3 Å². The molecule has 1 aliphatic heterocycles. The van der Waals surface area contributed by atoms with Crippen LogP contribution in [0.3, 0.4) is 0 Å². The predicted molar refractivity (Wildman–Crippen MR) is 104 cm³/mol. The van der Waals surface area contributed by atoms with Crippen molar-refractivity contribution in [3.63, 3.8) is 0 Å². The minimum atomic E-state index is -0.452. The average Bonchev–Trinajstić information content (AvgIpc) is 3.19. The highest BCUT2D eigenvalue weighted by Crippen LogP contribution is 2.34. The van der Waals surface area contributed by atoms with Crippen LogP contribution in [-0.2, 0) is 14.3 Å². The molecular weight excluding hydrogens is 382 g/mol. The molecule has 0 fully saturated rings. The third-order valence-electron chi connectivity index (χ3n) is 4.05. The van der Waals surface area contributed by atoms with Crippen molar-refractivity contribution in [1.82, 2.24) is 5.32 Å². The van der Waals surface area contributed by atoms with Crippen LogP contribution >= 0.6 is 11.8 Å². The molecule has 3 rings (SSSR count). The summed E-state index contributed by atoms with van der Waals surface area (Å²) in [7, 11) is 1.60. The molecule has 1 heterocycles. The van der Waals surface area contributed by atoms with Gasteiger partial charge in [-0.05, 0) is 48.9 Å². The Kier molecular flexibility index (Phi) is 6.65. The van der Waals surface area contributed by atoms with Crippen LogP contribution in [0.15, 0.2) is 47.4 Å². The minimum Gasteiger partial charge on any atom is -0.497 e. The van der Waals surface area contributed by atoms with Gasteiger partial charge in [0, 0.05) is 4.90 Å². The number of hydrogen-bond donors (Lipinski definition) is 1. The van der Waals surface area contributed by atoms with E-state index in [1.54, 1.807) is 13.2 Å². The third-order valence-corrected chi connectivity index (χ3v) is 5.04. The van der Waals surface area contributed by atoms with Crippen LogP contribution in [0.4, 0.5) is 0 Å². The second-order valence-corrected chi connectivity index (χ2v) is 7.08. The lowest BCUT2D eigenvalue weighted by Crippen LogP contribution is -2.31. The molecule has 0 aromatic heterocycles. The van der Waals surface area contributed by atoms with Gasteiger partial charge in [0.1, 0.15) is 5.75 Å². The maximum atomic E-state index is 12.0. The van der Waals surface area contributed by atoms with Crippen LogP contribution in [0.25, 0.3) is 0 Å². The van der Waals surface area contributed by atoms with Gasteiger partial charge in [0.25, 0.3) is 5.91 Å². The summed E-state index contributed by atoms with van der Waals surface area (Å²) in [6, 6.07) is 12.6. The quantitative estimate of drug-likeness (QED) is 0.536. The smallest absolute Gasteiger partial charge is 0.316 e. The minimum absolute atomic E-state index is 0.122. The van der Waals surface area contributed by atoms with Gasteiger partial charge in [-0.25, -0.2) is 0 Å². The summed E-state index contributed by atoms with van der Waals surface area (Å²) in [4.78, 5) is 24.8. The Hall–Kier alpha value is -2.87. The van der Waals surface area contributed by atoms with Gasteiger partial charge in [-0.2, -0.15) is 0 Å². The first-order valence-electron chi connectivity index (χ1n) is 8.66. The zero-order valence-electron chi connectivity index (χ0n) is 15.6. The van der Waals surface area contributed by atoms with Crippen LogP contribution in [0.2, 0.25) is 0 Å². The van der Waals surface area contributed by atoms with Crippen LogP contribution in [0.5, 0.6) is 17.2 Å². The lowest BCUT2D eigenvalue weighted by molar-refractivity contribution is -0.146. The third kappa shape index (κ3) is 5.32. The topological polar surface area (TPSA) is 83.1 Å². The molecule has 0 saturated carbocycles. The second kappa shape index (κ2) is 9.36. The molecule has 0 unspecified atom stereocenters. The fourth-order valence-electron chi connectivity index (χ4n) is 2.55. The number of ether oxygens (including phenoxy) is 4. The molecule has 7 nitrogen and oxygen atoms in total. The lowest BCUT2D eigenvalue weighted by atomic mass is 10.1. The van der Waals surface area contributed by atoms with Crippen molar-refractivity contribution >= 4 is 23.6 Å². The zero-order chi connectivity index (χ0) is 19.9. The monoisotopic (exact) mass is 403 g/mol. The number of nitrogens with one attached hydrogen (secondary N) is 1. The highest BCUT2D eigenvalue weighted by molar-refractivity contribution is 8.00. The van der Waals surface area contributed by atoms with E-state index in [-0.39, 0.29) is 31.1 Å². The molecule has 8 heteroatoms. The molecule has 1 N–H and O–H groups in total. The van der Waals surface area contributed by atoms with Gasteiger partial charge in [-0.15, -0.1) is 11.8 Å². The summed E-state index contributed by atoms with van der Waals surface area (Å²) in [5.74, 6) is 1.39. The number of amides is 1. The number of esters is 1. The fourth-order valence-corrected chi connectivity index (χ4v) is 3.25. The van der Waals surface area contributed by atoms with Crippen LogP contribution in [-0.4, -0.2) is 38.1 Å². The van der Waals surface area contributed by atoms with E-state index in [4.69, 9.17) is 18.9 Å². The molecule has 0 radical (unpaired) electrons. The Morgan fingerprint density at radius 2 is 1.89 bits per heavy atom. The summed E-state index contributed by atoms with van der Waals surface area (Å²) < 4.78 is 20.7. The van der Waals surface area contributed by atoms with E-state index in [0.29, 0.717) is 11.5 Å². The average molecular weight is 403 g/mol. The molecule has 28 heavy (non-hydrogen) atoms. The summed E-state index contributed by atoms with van der Waals surface area (Å²) in [6.45, 7) is 1.72. The molecule has 1 amide bonds. The van der Waals surface area contributed by atoms with Gasteiger partial charge in [0.15, 0.2) is 18.1 Å². The van der Waals surface area contributed by atoms with E-state index in [2.05, 4.69) is 5.32 Å². The summed E-state index contributed by atoms with van der Waals surface area (Å²) in [5, 5.41) is 2.80. The van der Waals surface area contributed by atoms with Gasteiger partial charge in [0.2, 0.25) is 6.79 Å². The number of carbonyl (C=O) groups excluding carboxylic acids is 2. The first-order valence-corrected chi connectivity index (χ1v) is 9.65.